The molecule has 0 unspecified atom stereocenters. The normalized spacial score (nSPS) is 28.5. The quantitative estimate of drug-likeness (QED) is 0.906. The van der Waals surface area contributed by atoms with Crippen molar-refractivity contribution in [1.29, 1.82) is 0 Å². The monoisotopic (exact) mass is 347 g/mol. The van der Waals surface area contributed by atoms with E-state index in [9.17, 15) is 5.11 Å². The number of hydrogen-bond donors (Lipinski definition) is 1. The summed E-state index contributed by atoms with van der Waals surface area (Å²) in [6.07, 6.45) is 4.93. The van der Waals surface area contributed by atoms with Crippen LogP contribution in [0.25, 0.3) is 0 Å². The highest BCUT2D eigenvalue weighted by Crippen LogP contribution is 2.37. The fourth-order valence-corrected chi connectivity index (χ4v) is 4.03. The van der Waals surface area contributed by atoms with Crippen molar-refractivity contribution in [1.82, 2.24) is 4.90 Å². The van der Waals surface area contributed by atoms with Crippen LogP contribution >= 0.6 is 0 Å². The lowest BCUT2D eigenvalue weighted by molar-refractivity contribution is -0.0692. The van der Waals surface area contributed by atoms with Crippen molar-refractivity contribution in [2.24, 2.45) is 5.41 Å². The van der Waals surface area contributed by atoms with E-state index in [1.165, 1.54) is 25.7 Å². The third-order valence-corrected chi connectivity index (χ3v) is 5.81. The number of nitrogens with zero attached hydrogens (tertiary/aromatic N) is 1. The van der Waals surface area contributed by atoms with Gasteiger partial charge in [0.1, 0.15) is 18.0 Å². The average molecular weight is 347 g/mol. The van der Waals surface area contributed by atoms with Crippen molar-refractivity contribution in [3.8, 4) is 5.75 Å². The lowest BCUT2D eigenvalue weighted by Gasteiger charge is -2.41. The molecule has 0 amide bonds. The lowest BCUT2D eigenvalue weighted by Crippen LogP contribution is -2.52. The number of ether oxygens (including phenoxy) is 2. The minimum Gasteiger partial charge on any atom is -0.490 e. The first-order chi connectivity index (χ1) is 11.9. The smallest absolute Gasteiger partial charge is 0.134 e. The Balaban J connectivity index is 1.61. The summed E-state index contributed by atoms with van der Waals surface area (Å²) in [6, 6.07) is 8.50. The molecule has 2 aliphatic rings. The highest BCUT2D eigenvalue weighted by Gasteiger charge is 2.38. The molecule has 2 fully saturated rings. The summed E-state index contributed by atoms with van der Waals surface area (Å²) in [6.45, 7) is 9.58. The van der Waals surface area contributed by atoms with Gasteiger partial charge in [-0.1, -0.05) is 32.0 Å². The van der Waals surface area contributed by atoms with Crippen LogP contribution in [0.2, 0.25) is 0 Å². The van der Waals surface area contributed by atoms with E-state index >= 15 is 0 Å². The minimum absolute atomic E-state index is 0.270. The van der Waals surface area contributed by atoms with Gasteiger partial charge in [0, 0.05) is 19.1 Å². The van der Waals surface area contributed by atoms with Crippen LogP contribution in [0.5, 0.6) is 5.75 Å². The lowest BCUT2D eigenvalue weighted by atomic mass is 9.75. The zero-order chi connectivity index (χ0) is 17.9. The SMILES string of the molecule is Cc1ccccc1OC[C@@]1(O)COCCN(C2CCC(C)(C)CC2)C1. The van der Waals surface area contributed by atoms with E-state index in [0.29, 0.717) is 31.2 Å². The molecule has 1 aromatic rings. The molecule has 1 atom stereocenters. The third-order valence-electron chi connectivity index (χ3n) is 5.81. The van der Waals surface area contributed by atoms with Gasteiger partial charge in [-0.05, 0) is 49.7 Å². The highest BCUT2D eigenvalue weighted by molar-refractivity contribution is 5.31. The fraction of sp³-hybridized carbons (Fsp3) is 0.714. The van der Waals surface area contributed by atoms with Crippen molar-refractivity contribution in [2.75, 3.05) is 32.9 Å². The number of β-amino-alcohol motifs (C(OH)–C–C–N with tert-alkyl or cyclic N) is 1. The van der Waals surface area contributed by atoms with Crippen molar-refractivity contribution in [2.45, 2.75) is 58.1 Å². The van der Waals surface area contributed by atoms with Crippen LogP contribution in [0, 0.1) is 12.3 Å². The van der Waals surface area contributed by atoms with E-state index in [1.807, 2.05) is 31.2 Å². The number of aliphatic hydroxyl groups is 1. The van der Waals surface area contributed by atoms with Crippen molar-refractivity contribution in [3.63, 3.8) is 0 Å². The third kappa shape index (κ3) is 4.96. The molecule has 1 aliphatic carbocycles. The number of aryl methyl sites for hydroxylation is 1. The second-order valence-electron chi connectivity index (χ2n) is 8.70. The van der Waals surface area contributed by atoms with Crippen LogP contribution in [-0.2, 0) is 4.74 Å². The van der Waals surface area contributed by atoms with Crippen LogP contribution in [0.3, 0.4) is 0 Å². The second-order valence-corrected chi connectivity index (χ2v) is 8.70. The predicted molar refractivity (Wildman–Crippen MR) is 100 cm³/mol. The van der Waals surface area contributed by atoms with Crippen molar-refractivity contribution >= 4 is 0 Å². The predicted octanol–water partition coefficient (Wildman–Crippen LogP) is 3.41. The van der Waals surface area contributed by atoms with E-state index in [4.69, 9.17) is 9.47 Å². The molecule has 1 saturated carbocycles. The summed E-state index contributed by atoms with van der Waals surface area (Å²) in [5.74, 6) is 0.839. The molecule has 3 rings (SSSR count). The Kier molecular flexibility index (Phi) is 5.71. The van der Waals surface area contributed by atoms with Crippen LogP contribution < -0.4 is 4.74 Å². The van der Waals surface area contributed by atoms with E-state index in [0.717, 1.165) is 17.9 Å². The molecule has 1 heterocycles. The van der Waals surface area contributed by atoms with Crippen LogP contribution in [0.15, 0.2) is 24.3 Å². The minimum atomic E-state index is -0.953. The Morgan fingerprint density at radius 1 is 1.24 bits per heavy atom. The van der Waals surface area contributed by atoms with Gasteiger partial charge in [-0.15, -0.1) is 0 Å². The molecule has 1 aliphatic heterocycles. The first kappa shape index (κ1) is 18.7. The van der Waals surface area contributed by atoms with E-state index in [1.54, 1.807) is 0 Å². The molecule has 140 valence electrons. The van der Waals surface area contributed by atoms with Gasteiger partial charge in [-0.3, -0.25) is 4.90 Å². The van der Waals surface area contributed by atoms with Crippen LogP contribution in [0.4, 0.5) is 0 Å². The molecule has 0 aromatic heterocycles. The number of hydrogen-bond acceptors (Lipinski definition) is 4. The number of rotatable bonds is 4. The summed E-state index contributed by atoms with van der Waals surface area (Å²) in [5.41, 5.74) is 0.599. The number of benzene rings is 1. The molecular formula is C21H33NO3. The molecular weight excluding hydrogens is 314 g/mol. The molecule has 4 heteroatoms. The Labute approximate surface area is 152 Å². The Morgan fingerprint density at radius 3 is 2.68 bits per heavy atom. The van der Waals surface area contributed by atoms with Gasteiger partial charge in [-0.2, -0.15) is 0 Å². The van der Waals surface area contributed by atoms with Gasteiger partial charge in [0.05, 0.1) is 13.2 Å². The van der Waals surface area contributed by atoms with Gasteiger partial charge in [-0.25, -0.2) is 0 Å². The van der Waals surface area contributed by atoms with Crippen molar-refractivity contribution < 1.29 is 14.6 Å². The zero-order valence-corrected chi connectivity index (χ0v) is 16.0. The fourth-order valence-electron chi connectivity index (χ4n) is 4.03. The zero-order valence-electron chi connectivity index (χ0n) is 16.0. The topological polar surface area (TPSA) is 41.9 Å². The average Bonchev–Trinajstić information content (AvgIpc) is 2.76. The maximum absolute atomic E-state index is 11.1. The first-order valence-corrected chi connectivity index (χ1v) is 9.60. The maximum Gasteiger partial charge on any atom is 0.134 e. The highest BCUT2D eigenvalue weighted by atomic mass is 16.5. The largest absolute Gasteiger partial charge is 0.490 e. The Bertz CT molecular complexity index is 564. The van der Waals surface area contributed by atoms with Gasteiger partial charge in [0.25, 0.3) is 0 Å². The molecule has 1 N–H and O–H groups in total. The van der Waals surface area contributed by atoms with Gasteiger partial charge >= 0.3 is 0 Å². The van der Waals surface area contributed by atoms with Gasteiger partial charge in [0.15, 0.2) is 0 Å². The van der Waals surface area contributed by atoms with E-state index in [2.05, 4.69) is 18.7 Å². The molecule has 25 heavy (non-hydrogen) atoms. The summed E-state index contributed by atoms with van der Waals surface area (Å²) < 4.78 is 11.7. The molecule has 1 saturated heterocycles. The summed E-state index contributed by atoms with van der Waals surface area (Å²) in [4.78, 5) is 2.43. The van der Waals surface area contributed by atoms with Crippen molar-refractivity contribution in [3.05, 3.63) is 29.8 Å². The number of para-hydroxylation sites is 1. The summed E-state index contributed by atoms with van der Waals surface area (Å²) in [5, 5.41) is 11.1. The van der Waals surface area contributed by atoms with Gasteiger partial charge in [0.2, 0.25) is 0 Å². The summed E-state index contributed by atoms with van der Waals surface area (Å²) >= 11 is 0. The Hall–Kier alpha value is -1.10. The maximum atomic E-state index is 11.1. The molecule has 4 nitrogen and oxygen atoms in total. The summed E-state index contributed by atoms with van der Waals surface area (Å²) in [7, 11) is 0. The van der Waals surface area contributed by atoms with Gasteiger partial charge < -0.3 is 14.6 Å². The first-order valence-electron chi connectivity index (χ1n) is 9.60. The Morgan fingerprint density at radius 2 is 1.96 bits per heavy atom. The standard InChI is InChI=1S/C21H33NO3/c1-17-6-4-5-7-19(17)25-16-21(23)14-22(12-13-24-15-21)18-8-10-20(2,3)11-9-18/h4-7,18,23H,8-16H2,1-3H3/t21-/m0/s1. The molecule has 1 aromatic carbocycles. The van der Waals surface area contributed by atoms with E-state index in [-0.39, 0.29) is 6.61 Å². The second kappa shape index (κ2) is 7.65. The van der Waals surface area contributed by atoms with Crippen LogP contribution in [-0.4, -0.2) is 54.6 Å². The molecule has 0 spiro atoms. The molecule has 0 bridgehead atoms. The van der Waals surface area contributed by atoms with Crippen LogP contribution in [0.1, 0.15) is 45.1 Å². The molecule has 0 radical (unpaired) electrons. The van der Waals surface area contributed by atoms with E-state index < -0.39 is 5.60 Å².